The van der Waals surface area contributed by atoms with Crippen molar-refractivity contribution in [1.82, 2.24) is 0 Å². The third-order valence-electron chi connectivity index (χ3n) is 2.10. The Morgan fingerprint density at radius 1 is 0.684 bits per heavy atom. The molecule has 0 aromatic rings. The Kier molecular flexibility index (Phi) is 9.30. The van der Waals surface area contributed by atoms with Crippen molar-refractivity contribution in [2.75, 3.05) is 13.2 Å². The molecule has 6 nitrogen and oxygen atoms in total. The zero-order valence-electron chi connectivity index (χ0n) is 11.4. The largest absolute Gasteiger partial charge is 0.465 e. The third-order valence-corrected chi connectivity index (χ3v) is 2.10. The molecule has 6 heteroatoms. The number of esters is 2. The molecule has 0 amide bonds. The van der Waals surface area contributed by atoms with Gasteiger partial charge in [-0.3, -0.25) is 19.2 Å². The highest BCUT2D eigenvalue weighted by Gasteiger charge is 2.07. The first-order valence-electron chi connectivity index (χ1n) is 6.22. The molecule has 0 unspecified atom stereocenters. The summed E-state index contributed by atoms with van der Waals surface area (Å²) in [5.41, 5.74) is 0. The Labute approximate surface area is 112 Å². The Morgan fingerprint density at radius 3 is 1.37 bits per heavy atom. The third kappa shape index (κ3) is 12.5. The summed E-state index contributed by atoms with van der Waals surface area (Å²) in [6, 6.07) is 0. The van der Waals surface area contributed by atoms with E-state index in [1.54, 1.807) is 0 Å². The maximum absolute atomic E-state index is 11.0. The summed E-state index contributed by atoms with van der Waals surface area (Å²) >= 11 is 0. The van der Waals surface area contributed by atoms with E-state index in [9.17, 15) is 19.2 Å². The Hall–Kier alpha value is -1.72. The standard InChI is InChI=1S/C13H20O6/c1-10(14)8-12(16)18-6-4-3-5-7-19-13(17)9-11(2)15/h3-9H2,1-2H3. The lowest BCUT2D eigenvalue weighted by molar-refractivity contribution is -0.146. The molecule has 0 rings (SSSR count). The van der Waals surface area contributed by atoms with Crippen molar-refractivity contribution in [3.05, 3.63) is 0 Å². The van der Waals surface area contributed by atoms with Crippen LogP contribution in [0.15, 0.2) is 0 Å². The van der Waals surface area contributed by atoms with Crippen LogP contribution >= 0.6 is 0 Å². The first-order chi connectivity index (χ1) is 8.91. The van der Waals surface area contributed by atoms with Crippen molar-refractivity contribution in [3.63, 3.8) is 0 Å². The molecule has 0 fully saturated rings. The zero-order valence-corrected chi connectivity index (χ0v) is 11.4. The monoisotopic (exact) mass is 272 g/mol. The Bertz CT molecular complexity index is 302. The van der Waals surface area contributed by atoms with E-state index in [1.165, 1.54) is 13.8 Å². The molecule has 0 heterocycles. The van der Waals surface area contributed by atoms with Gasteiger partial charge in [0, 0.05) is 0 Å². The molecule has 0 aromatic carbocycles. The van der Waals surface area contributed by atoms with Gasteiger partial charge >= 0.3 is 11.9 Å². The van der Waals surface area contributed by atoms with Crippen LogP contribution in [0.25, 0.3) is 0 Å². The Morgan fingerprint density at radius 2 is 1.05 bits per heavy atom. The number of Topliss-reactive ketones (excluding diaryl/α,β-unsaturated/α-hetero) is 2. The molecule has 0 aliphatic heterocycles. The van der Waals surface area contributed by atoms with Gasteiger partial charge in [-0.25, -0.2) is 0 Å². The van der Waals surface area contributed by atoms with Gasteiger partial charge in [0.05, 0.1) is 13.2 Å². The highest BCUT2D eigenvalue weighted by atomic mass is 16.5. The van der Waals surface area contributed by atoms with E-state index in [0.29, 0.717) is 12.8 Å². The van der Waals surface area contributed by atoms with Gasteiger partial charge in [0.1, 0.15) is 24.4 Å². The van der Waals surface area contributed by atoms with E-state index < -0.39 is 11.9 Å². The molecular formula is C13H20O6. The minimum absolute atomic E-state index is 0.192. The lowest BCUT2D eigenvalue weighted by Crippen LogP contribution is -2.11. The van der Waals surface area contributed by atoms with Gasteiger partial charge in [-0.1, -0.05) is 0 Å². The van der Waals surface area contributed by atoms with Gasteiger partial charge in [-0.05, 0) is 33.1 Å². The number of hydrogen-bond acceptors (Lipinski definition) is 6. The van der Waals surface area contributed by atoms with Crippen molar-refractivity contribution in [2.45, 2.75) is 46.0 Å². The van der Waals surface area contributed by atoms with Crippen LogP contribution in [0.2, 0.25) is 0 Å². The summed E-state index contributed by atoms with van der Waals surface area (Å²) in [7, 11) is 0. The van der Waals surface area contributed by atoms with E-state index >= 15 is 0 Å². The number of carbonyl (C=O) groups is 4. The van der Waals surface area contributed by atoms with Gasteiger partial charge in [-0.15, -0.1) is 0 Å². The molecule has 0 radical (unpaired) electrons. The fraction of sp³-hybridized carbons (Fsp3) is 0.692. The van der Waals surface area contributed by atoms with Gasteiger partial charge in [-0.2, -0.15) is 0 Å². The molecule has 0 aliphatic rings. The minimum atomic E-state index is -0.514. The summed E-state index contributed by atoms with van der Waals surface area (Å²) in [4.78, 5) is 43.2. The summed E-state index contributed by atoms with van der Waals surface area (Å²) in [5, 5.41) is 0. The lowest BCUT2D eigenvalue weighted by atomic mass is 10.2. The maximum Gasteiger partial charge on any atom is 0.313 e. The van der Waals surface area contributed by atoms with E-state index in [4.69, 9.17) is 9.47 Å². The first-order valence-corrected chi connectivity index (χ1v) is 6.22. The van der Waals surface area contributed by atoms with Crippen LogP contribution in [0, 0.1) is 0 Å². The number of carbonyl (C=O) groups excluding carboxylic acids is 4. The molecule has 19 heavy (non-hydrogen) atoms. The molecule has 0 N–H and O–H groups in total. The number of rotatable bonds is 10. The molecule has 0 saturated heterocycles. The first kappa shape index (κ1) is 17.3. The SMILES string of the molecule is CC(=O)CC(=O)OCCCCCOC(=O)CC(C)=O. The predicted molar refractivity (Wildman–Crippen MR) is 66.4 cm³/mol. The van der Waals surface area contributed by atoms with Crippen molar-refractivity contribution >= 4 is 23.5 Å². The summed E-state index contributed by atoms with van der Waals surface area (Å²) < 4.78 is 9.64. The van der Waals surface area contributed by atoms with Gasteiger partial charge in [0.15, 0.2) is 0 Å². The normalized spacial score (nSPS) is 9.79. The quantitative estimate of drug-likeness (QED) is 0.337. The van der Waals surface area contributed by atoms with E-state index in [-0.39, 0.29) is 37.6 Å². The van der Waals surface area contributed by atoms with Crippen LogP contribution in [0.1, 0.15) is 46.0 Å². The van der Waals surface area contributed by atoms with E-state index in [2.05, 4.69) is 0 Å². The topological polar surface area (TPSA) is 86.7 Å². The highest BCUT2D eigenvalue weighted by molar-refractivity contribution is 5.94. The smallest absolute Gasteiger partial charge is 0.313 e. The average Bonchev–Trinajstić information content (AvgIpc) is 2.25. The van der Waals surface area contributed by atoms with Crippen molar-refractivity contribution in [3.8, 4) is 0 Å². The second-order valence-corrected chi connectivity index (χ2v) is 4.26. The fourth-order valence-electron chi connectivity index (χ4n) is 1.26. The van der Waals surface area contributed by atoms with Crippen LogP contribution in [0.3, 0.4) is 0 Å². The number of ketones is 2. The van der Waals surface area contributed by atoms with Gasteiger partial charge in [0.25, 0.3) is 0 Å². The molecular weight excluding hydrogens is 252 g/mol. The average molecular weight is 272 g/mol. The second kappa shape index (κ2) is 10.2. The maximum atomic E-state index is 11.0. The van der Waals surface area contributed by atoms with Crippen LogP contribution < -0.4 is 0 Å². The molecule has 108 valence electrons. The van der Waals surface area contributed by atoms with Gasteiger partial charge in [0.2, 0.25) is 0 Å². The summed E-state index contributed by atoms with van der Waals surface area (Å²) in [6.45, 7) is 3.17. The van der Waals surface area contributed by atoms with Crippen molar-refractivity contribution in [1.29, 1.82) is 0 Å². The summed E-state index contributed by atoms with van der Waals surface area (Å²) in [5.74, 6) is -1.47. The number of unbranched alkanes of at least 4 members (excludes halogenated alkanes) is 2. The van der Waals surface area contributed by atoms with Crippen LogP contribution in [-0.2, 0) is 28.7 Å². The van der Waals surface area contributed by atoms with Crippen molar-refractivity contribution < 1.29 is 28.7 Å². The number of hydrogen-bond donors (Lipinski definition) is 0. The Balaban J connectivity index is 3.36. The van der Waals surface area contributed by atoms with Crippen LogP contribution in [0.4, 0.5) is 0 Å². The number of ether oxygens (including phenoxy) is 2. The molecule has 0 saturated carbocycles. The second-order valence-electron chi connectivity index (χ2n) is 4.26. The minimum Gasteiger partial charge on any atom is -0.465 e. The van der Waals surface area contributed by atoms with E-state index in [1.807, 2.05) is 0 Å². The zero-order chi connectivity index (χ0) is 14.7. The molecule has 0 aliphatic carbocycles. The highest BCUT2D eigenvalue weighted by Crippen LogP contribution is 1.99. The summed E-state index contributed by atoms with van der Waals surface area (Å²) in [6.07, 6.45) is 1.65. The van der Waals surface area contributed by atoms with Crippen LogP contribution in [-0.4, -0.2) is 36.7 Å². The van der Waals surface area contributed by atoms with E-state index in [0.717, 1.165) is 6.42 Å². The lowest BCUT2D eigenvalue weighted by Gasteiger charge is -2.04. The molecule has 0 spiro atoms. The predicted octanol–water partition coefficient (Wildman–Crippen LogP) is 1.20. The molecule has 0 aromatic heterocycles. The van der Waals surface area contributed by atoms with Gasteiger partial charge < -0.3 is 9.47 Å². The van der Waals surface area contributed by atoms with Crippen LogP contribution in [0.5, 0.6) is 0 Å². The fourth-order valence-corrected chi connectivity index (χ4v) is 1.26. The van der Waals surface area contributed by atoms with Crippen molar-refractivity contribution in [2.24, 2.45) is 0 Å². The molecule has 0 atom stereocenters. The molecule has 0 bridgehead atoms.